The van der Waals surface area contributed by atoms with E-state index < -0.39 is 0 Å². The van der Waals surface area contributed by atoms with Crippen molar-refractivity contribution in [2.24, 2.45) is 5.92 Å². The summed E-state index contributed by atoms with van der Waals surface area (Å²) in [6.45, 7) is 9.46. The summed E-state index contributed by atoms with van der Waals surface area (Å²) in [4.78, 5) is 2.76. The van der Waals surface area contributed by atoms with E-state index in [2.05, 4.69) is 31.0 Å². The highest BCUT2D eigenvalue weighted by Crippen LogP contribution is 2.32. The van der Waals surface area contributed by atoms with E-state index in [9.17, 15) is 0 Å². The summed E-state index contributed by atoms with van der Waals surface area (Å²) in [7, 11) is 0. The number of piperazine rings is 1. The van der Waals surface area contributed by atoms with Crippen LogP contribution < -0.4 is 5.32 Å². The molecule has 2 fully saturated rings. The van der Waals surface area contributed by atoms with Gasteiger partial charge in [-0.15, -0.1) is 0 Å². The summed E-state index contributed by atoms with van der Waals surface area (Å²) < 4.78 is 0. The van der Waals surface area contributed by atoms with Gasteiger partial charge in [0, 0.05) is 31.2 Å². The van der Waals surface area contributed by atoms with Crippen molar-refractivity contribution in [2.45, 2.75) is 64.6 Å². The van der Waals surface area contributed by atoms with E-state index in [1.54, 1.807) is 0 Å². The lowest BCUT2D eigenvalue weighted by Crippen LogP contribution is -2.57. The van der Waals surface area contributed by atoms with E-state index >= 15 is 0 Å². The Kier molecular flexibility index (Phi) is 3.68. The molecule has 0 bridgehead atoms. The first-order chi connectivity index (χ1) is 7.20. The molecule has 1 aliphatic carbocycles. The van der Waals surface area contributed by atoms with E-state index in [-0.39, 0.29) is 0 Å². The molecular weight excluding hydrogens is 184 g/mol. The number of hydrogen-bond acceptors (Lipinski definition) is 2. The predicted molar refractivity (Wildman–Crippen MR) is 65.1 cm³/mol. The maximum Gasteiger partial charge on any atom is 0.0196 e. The zero-order valence-electron chi connectivity index (χ0n) is 10.5. The summed E-state index contributed by atoms with van der Waals surface area (Å²) in [5, 5.41) is 3.57. The molecule has 0 aromatic heterocycles. The fraction of sp³-hybridized carbons (Fsp3) is 1.00. The largest absolute Gasteiger partial charge is 0.311 e. The van der Waals surface area contributed by atoms with Crippen molar-refractivity contribution in [1.29, 1.82) is 0 Å². The Morgan fingerprint density at radius 3 is 2.73 bits per heavy atom. The average molecular weight is 210 g/mol. The minimum atomic E-state index is 0.682. The van der Waals surface area contributed by atoms with Crippen molar-refractivity contribution < 1.29 is 0 Å². The van der Waals surface area contributed by atoms with Crippen LogP contribution in [0.1, 0.15) is 46.5 Å². The van der Waals surface area contributed by atoms with Gasteiger partial charge in [0.2, 0.25) is 0 Å². The molecule has 2 nitrogen and oxygen atoms in total. The number of nitrogens with zero attached hydrogens (tertiary/aromatic N) is 1. The molecular formula is C13H26N2. The van der Waals surface area contributed by atoms with Crippen LogP contribution in [0.25, 0.3) is 0 Å². The highest BCUT2D eigenvalue weighted by molar-refractivity contribution is 4.90. The van der Waals surface area contributed by atoms with Crippen molar-refractivity contribution in [2.75, 3.05) is 13.1 Å². The van der Waals surface area contributed by atoms with Crippen molar-refractivity contribution >= 4 is 0 Å². The Balaban J connectivity index is 1.91. The molecule has 1 N–H and O–H groups in total. The summed E-state index contributed by atoms with van der Waals surface area (Å²) >= 11 is 0. The Labute approximate surface area is 94.4 Å². The van der Waals surface area contributed by atoms with Crippen LogP contribution in [0.3, 0.4) is 0 Å². The van der Waals surface area contributed by atoms with Crippen LogP contribution >= 0.6 is 0 Å². The van der Waals surface area contributed by atoms with Crippen LogP contribution in [-0.2, 0) is 0 Å². The van der Waals surface area contributed by atoms with Crippen molar-refractivity contribution in [1.82, 2.24) is 10.2 Å². The van der Waals surface area contributed by atoms with E-state index in [1.165, 1.54) is 38.8 Å². The van der Waals surface area contributed by atoms with E-state index in [0.29, 0.717) is 6.04 Å². The topological polar surface area (TPSA) is 15.3 Å². The molecule has 0 spiro atoms. The maximum absolute atomic E-state index is 3.57. The molecule has 4 unspecified atom stereocenters. The van der Waals surface area contributed by atoms with Gasteiger partial charge in [-0.3, -0.25) is 4.90 Å². The highest BCUT2D eigenvalue weighted by atomic mass is 15.2. The van der Waals surface area contributed by atoms with E-state index in [1.807, 2.05) is 0 Å². The summed E-state index contributed by atoms with van der Waals surface area (Å²) in [6.07, 6.45) is 5.74. The van der Waals surface area contributed by atoms with Crippen molar-refractivity contribution in [3.63, 3.8) is 0 Å². The van der Waals surface area contributed by atoms with Gasteiger partial charge in [0.25, 0.3) is 0 Å². The summed E-state index contributed by atoms with van der Waals surface area (Å²) in [6, 6.07) is 2.30. The van der Waals surface area contributed by atoms with Gasteiger partial charge < -0.3 is 5.32 Å². The first-order valence-corrected chi connectivity index (χ1v) is 6.69. The van der Waals surface area contributed by atoms with Gasteiger partial charge in [-0.05, 0) is 39.0 Å². The number of hydrogen-bond donors (Lipinski definition) is 1. The fourth-order valence-corrected chi connectivity index (χ4v) is 3.28. The lowest BCUT2D eigenvalue weighted by molar-refractivity contribution is 0.0953. The van der Waals surface area contributed by atoms with Gasteiger partial charge in [-0.25, -0.2) is 0 Å². The van der Waals surface area contributed by atoms with Gasteiger partial charge in [0.15, 0.2) is 0 Å². The SMILES string of the molecule is CCC1CCC(N2CC(C)NCC2C)C1. The smallest absolute Gasteiger partial charge is 0.0196 e. The monoisotopic (exact) mass is 210 g/mol. The third kappa shape index (κ3) is 2.54. The second-order valence-corrected chi connectivity index (χ2v) is 5.60. The Hall–Kier alpha value is -0.0800. The lowest BCUT2D eigenvalue weighted by Gasteiger charge is -2.41. The molecule has 1 heterocycles. The minimum absolute atomic E-state index is 0.682. The first kappa shape index (κ1) is 11.4. The molecule has 2 aliphatic rings. The zero-order valence-corrected chi connectivity index (χ0v) is 10.5. The molecule has 0 radical (unpaired) electrons. The normalized spacial score (nSPS) is 43.4. The zero-order chi connectivity index (χ0) is 10.8. The number of nitrogens with one attached hydrogen (secondary N) is 1. The van der Waals surface area contributed by atoms with Gasteiger partial charge in [0.05, 0.1) is 0 Å². The molecule has 1 saturated heterocycles. The molecule has 88 valence electrons. The van der Waals surface area contributed by atoms with Crippen LogP contribution in [0.4, 0.5) is 0 Å². The summed E-state index contributed by atoms with van der Waals surface area (Å²) in [5.74, 6) is 1.01. The van der Waals surface area contributed by atoms with Crippen LogP contribution in [0.5, 0.6) is 0 Å². The predicted octanol–water partition coefficient (Wildman–Crippen LogP) is 2.25. The van der Waals surface area contributed by atoms with Crippen LogP contribution in [0, 0.1) is 5.92 Å². The Bertz CT molecular complexity index is 205. The molecule has 1 saturated carbocycles. The van der Waals surface area contributed by atoms with Crippen molar-refractivity contribution in [3.8, 4) is 0 Å². The Morgan fingerprint density at radius 2 is 2.07 bits per heavy atom. The van der Waals surface area contributed by atoms with E-state index in [0.717, 1.165) is 18.0 Å². The summed E-state index contributed by atoms with van der Waals surface area (Å²) in [5.41, 5.74) is 0. The second kappa shape index (κ2) is 4.84. The third-order valence-corrected chi connectivity index (χ3v) is 4.37. The minimum Gasteiger partial charge on any atom is -0.311 e. The maximum atomic E-state index is 3.57. The van der Waals surface area contributed by atoms with Gasteiger partial charge in [-0.1, -0.05) is 13.3 Å². The van der Waals surface area contributed by atoms with E-state index in [4.69, 9.17) is 0 Å². The van der Waals surface area contributed by atoms with Crippen LogP contribution in [0.15, 0.2) is 0 Å². The van der Waals surface area contributed by atoms with Gasteiger partial charge in [0.1, 0.15) is 0 Å². The van der Waals surface area contributed by atoms with Gasteiger partial charge >= 0.3 is 0 Å². The van der Waals surface area contributed by atoms with Gasteiger partial charge in [-0.2, -0.15) is 0 Å². The molecule has 0 aromatic carbocycles. The molecule has 0 aromatic rings. The first-order valence-electron chi connectivity index (χ1n) is 6.69. The highest BCUT2D eigenvalue weighted by Gasteiger charge is 2.33. The van der Waals surface area contributed by atoms with Crippen LogP contribution in [0.2, 0.25) is 0 Å². The quantitative estimate of drug-likeness (QED) is 0.752. The molecule has 0 amide bonds. The van der Waals surface area contributed by atoms with Crippen molar-refractivity contribution in [3.05, 3.63) is 0 Å². The molecule has 15 heavy (non-hydrogen) atoms. The molecule has 2 rings (SSSR count). The number of rotatable bonds is 2. The third-order valence-electron chi connectivity index (χ3n) is 4.37. The second-order valence-electron chi connectivity index (χ2n) is 5.60. The molecule has 4 atom stereocenters. The molecule has 2 heteroatoms. The average Bonchev–Trinajstić information content (AvgIpc) is 2.70. The lowest BCUT2D eigenvalue weighted by atomic mass is 10.0. The molecule has 1 aliphatic heterocycles. The standard InChI is InChI=1S/C13H26N2/c1-4-12-5-6-13(7-12)15-9-10(2)14-8-11(15)3/h10-14H,4-9H2,1-3H3. The Morgan fingerprint density at radius 1 is 1.27 bits per heavy atom. The van der Waals surface area contributed by atoms with Crippen LogP contribution in [-0.4, -0.2) is 36.1 Å². The fourth-order valence-electron chi connectivity index (χ4n) is 3.28.